The van der Waals surface area contributed by atoms with Gasteiger partial charge in [0.15, 0.2) is 0 Å². The zero-order chi connectivity index (χ0) is 84.7. The lowest BCUT2D eigenvalue weighted by molar-refractivity contribution is -0.166. The highest BCUT2D eigenvalue weighted by molar-refractivity contribution is 14.1. The van der Waals surface area contributed by atoms with Crippen LogP contribution in [-0.4, -0.2) is 183 Å². The van der Waals surface area contributed by atoms with Gasteiger partial charge in [-0.15, -0.1) is 0 Å². The fourth-order valence-electron chi connectivity index (χ4n) is 20.5. The molecule has 6 saturated heterocycles. The summed E-state index contributed by atoms with van der Waals surface area (Å²) in [5.41, 5.74) is 1.01. The molecule has 22 heteroatoms. The van der Waals surface area contributed by atoms with Crippen LogP contribution >= 0.6 is 22.6 Å². The molecule has 6 amide bonds. The smallest absolute Gasteiger partial charge is 0.249 e. The van der Waals surface area contributed by atoms with Crippen LogP contribution < -0.4 is 30.2 Å². The highest BCUT2D eigenvalue weighted by Gasteiger charge is 2.59. The van der Waals surface area contributed by atoms with Crippen LogP contribution in [0.2, 0.25) is 0 Å². The van der Waals surface area contributed by atoms with E-state index in [1.165, 1.54) is 45.9 Å². The van der Waals surface area contributed by atoms with Crippen LogP contribution in [0.4, 0.5) is 8.78 Å². The molecule has 3 aliphatic carbocycles. The van der Waals surface area contributed by atoms with Crippen LogP contribution in [0.15, 0.2) is 158 Å². The topological polar surface area (TPSA) is 206 Å². The summed E-state index contributed by atoms with van der Waals surface area (Å²) in [6.45, 7) is 14.2. The molecule has 0 radical (unpaired) electrons. The Kier molecular flexibility index (Phi) is 33.0. The molecule has 9 aliphatic rings. The second-order valence-corrected chi connectivity index (χ2v) is 37.1. The quantitative estimate of drug-likeness (QED) is 0.0245. The van der Waals surface area contributed by atoms with E-state index in [9.17, 15) is 38.3 Å². The first-order chi connectivity index (χ1) is 58.9. The van der Waals surface area contributed by atoms with Crippen LogP contribution in [0.5, 0.6) is 34.5 Å². The second-order valence-electron chi connectivity index (χ2n) is 35.9. The third-order valence-electron chi connectivity index (χ3n) is 27.9. The van der Waals surface area contributed by atoms with Gasteiger partial charge in [0.2, 0.25) is 35.4 Å². The first-order valence-electron chi connectivity index (χ1n) is 46.0. The lowest BCUT2D eigenvalue weighted by Crippen LogP contribution is -2.75. The lowest BCUT2D eigenvalue weighted by Gasteiger charge is -2.53. The van der Waals surface area contributed by atoms with Gasteiger partial charge in [0.05, 0.1) is 12.8 Å². The fourth-order valence-corrected chi connectivity index (χ4v) is 20.8. The summed E-state index contributed by atoms with van der Waals surface area (Å²) in [7, 11) is 0. The van der Waals surface area contributed by atoms with E-state index in [2.05, 4.69) is 110 Å². The summed E-state index contributed by atoms with van der Waals surface area (Å²) in [5.74, 6) is 4.85. The number of amides is 6. The molecule has 6 aromatic carbocycles. The summed E-state index contributed by atoms with van der Waals surface area (Å²) in [6.07, 6.45) is 24.1. The van der Waals surface area contributed by atoms with E-state index in [4.69, 9.17) is 14.2 Å². The summed E-state index contributed by atoms with van der Waals surface area (Å²) < 4.78 is 47.7. The van der Waals surface area contributed by atoms with Gasteiger partial charge in [-0.25, -0.2) is 4.39 Å². The zero-order valence-corrected chi connectivity index (χ0v) is 74.0. The van der Waals surface area contributed by atoms with Crippen LogP contribution in [-0.2, 0) is 48.4 Å². The SMILES string of the molecule is CCCCCN1C(=O)C([C@H](O)C2CCCCC2)NC(=O)C12CCN(Cc1ccc(Oc3ccc([123I])cc3)cc1)CC2.CCCCCN1C(=O)C([C@H]([18F])C2CCCCC2)NC(=O)C12CCN(Cc1ccc(Oc3ccccc3)cc1)CC2.C[C@H](C1CCCCC1)C1NC(=O)C2(CCN(Cc3ccc(Oc4ccccc4)cc3)CC2)N(CCCC[18F])C1=O. The first kappa shape index (κ1) is 90.7. The lowest BCUT2D eigenvalue weighted by atomic mass is 9.74. The minimum absolute atomic E-state index is 0.0120. The number of rotatable bonds is 30. The molecule has 15 rings (SSSR count). The predicted octanol–water partition coefficient (Wildman–Crippen LogP) is 18.2. The van der Waals surface area contributed by atoms with Gasteiger partial charge in [-0.05, 0) is 238 Å². The Morgan fingerprint density at radius 2 is 0.702 bits per heavy atom. The summed E-state index contributed by atoms with van der Waals surface area (Å²) in [5, 5.41) is 20.3. The first-order valence-corrected chi connectivity index (χ1v) is 47.1. The van der Waals surface area contributed by atoms with E-state index in [0.717, 1.165) is 189 Å². The van der Waals surface area contributed by atoms with Gasteiger partial charge in [-0.2, -0.15) is 0 Å². The Hall–Kier alpha value is -8.03. The summed E-state index contributed by atoms with van der Waals surface area (Å²) in [4.78, 5) is 95.5. The number of piperidine rings is 3. The van der Waals surface area contributed by atoms with Crippen molar-refractivity contribution in [3.63, 3.8) is 0 Å². The Balaban J connectivity index is 0.000000157. The number of ether oxygens (including phenoxy) is 3. The van der Waals surface area contributed by atoms with E-state index in [-0.39, 0.29) is 53.2 Å². The van der Waals surface area contributed by atoms with E-state index in [1.54, 1.807) is 4.90 Å². The molecule has 6 aliphatic heterocycles. The van der Waals surface area contributed by atoms with Gasteiger partial charge in [-0.1, -0.05) is 190 Å². The predicted molar refractivity (Wildman–Crippen MR) is 478 cm³/mol. The van der Waals surface area contributed by atoms with Crippen LogP contribution in [0.3, 0.4) is 0 Å². The standard InChI is InChI=1S/2C33H44FN3O3.C33H44IN3O4/c1-25(27-10-4-2-5-11-27)30-31(38)37(21-9-8-20-34)33(32(39)35-30)18-22-36(23-19-33)24-26-14-16-29(17-15-26)40-28-12-6-3-7-13-28;1-2-3-10-21-37-31(38)30(29(34)26-11-6-4-7-12-26)35-32(39)33(37)19-22-36(23-20-33)24-25-15-17-28(18-16-25)40-27-13-8-5-9-14-27;1-2-3-7-20-37-31(39)29(30(38)25-8-5-4-6-9-25)35-32(40)33(37)18-21-36(22-19-33)23-24-10-14-27(15-11-24)41-28-16-12-26(34)13-17-28/h3,6-7,12-17,25,27,30H,2,4-5,8-11,18-24H2,1H3,(H,35,39);5,8-9,13-18,26,29-30H,2-4,6-7,10-12,19-24H2,1H3,(H,35,39);10-17,25,29-30,38H,2-9,18-23H2,1H3,(H,35,40)/t25-,30?;29-,30?;29?,30-/m111/s1/i2*34-1;34-4. The molecular formula is C99H132F2IN9O10. The highest BCUT2D eigenvalue weighted by atomic mass is 123. The van der Waals surface area contributed by atoms with Gasteiger partial charge in [-0.3, -0.25) is 47.9 Å². The molecular weight excluding hydrogens is 1630 g/mol. The number of aliphatic hydroxyl groups is 1. The van der Waals surface area contributed by atoms with E-state index < -0.39 is 53.7 Å². The minimum Gasteiger partial charge on any atom is -0.457 e. The Morgan fingerprint density at radius 3 is 1.07 bits per heavy atom. The number of piperazine rings is 3. The number of aliphatic hydroxyl groups excluding tert-OH is 1. The average molecular weight is 1770 g/mol. The minimum atomic E-state index is -1.31. The number of unbranched alkanes of at least 4 members (excludes halogenated alkanes) is 5. The van der Waals surface area contributed by atoms with Crippen LogP contribution in [0.1, 0.15) is 224 Å². The molecule has 121 heavy (non-hydrogen) atoms. The largest absolute Gasteiger partial charge is 0.457 e. The number of nitrogens with zero attached hydrogens (tertiary/aromatic N) is 6. The number of carbonyl (C=O) groups excluding carboxylic acids is 6. The number of hydrogen-bond donors (Lipinski definition) is 4. The molecule has 3 spiro atoms. The Labute approximate surface area is 731 Å². The van der Waals surface area contributed by atoms with Crippen LogP contribution in [0, 0.1) is 27.2 Å². The molecule has 6 atom stereocenters. The normalized spacial score (nSPS) is 22.7. The van der Waals surface area contributed by atoms with Gasteiger partial charge in [0.25, 0.3) is 0 Å². The molecule has 4 N–H and O–H groups in total. The molecule has 3 saturated carbocycles. The van der Waals surface area contributed by atoms with Gasteiger partial charge < -0.3 is 50.0 Å². The maximum Gasteiger partial charge on any atom is 0.249 e. The monoisotopic (exact) mass is 1770 g/mol. The average Bonchev–Trinajstić information content (AvgIpc) is 0.752. The molecule has 6 heterocycles. The fraction of sp³-hybridized carbons (Fsp3) is 0.576. The van der Waals surface area contributed by atoms with Crippen molar-refractivity contribution in [1.29, 1.82) is 0 Å². The summed E-state index contributed by atoms with van der Waals surface area (Å²) in [6, 6.07) is 49.6. The van der Waals surface area contributed by atoms with Crippen molar-refractivity contribution in [2.75, 3.05) is 65.6 Å². The van der Waals surface area contributed by atoms with Gasteiger partial charge in [0.1, 0.15) is 75.4 Å². The number of hydrogen-bond acceptors (Lipinski definition) is 13. The van der Waals surface area contributed by atoms with Gasteiger partial charge in [0, 0.05) is 82.1 Å². The molecule has 19 nitrogen and oxygen atoms in total. The molecule has 0 aromatic heterocycles. The highest BCUT2D eigenvalue weighted by Crippen LogP contribution is 2.43. The third-order valence-corrected chi connectivity index (χ3v) is 28.6. The third kappa shape index (κ3) is 22.9. The second kappa shape index (κ2) is 44.0. The number of nitrogens with one attached hydrogen (secondary N) is 3. The molecule has 0 bridgehead atoms. The number of para-hydroxylation sites is 2. The summed E-state index contributed by atoms with van der Waals surface area (Å²) >= 11 is 2.28. The Morgan fingerprint density at radius 1 is 0.397 bits per heavy atom. The molecule has 3 unspecified atom stereocenters. The van der Waals surface area contributed by atoms with Crippen molar-refractivity contribution in [2.45, 2.75) is 274 Å². The number of alkyl halides is 2. The number of carbonyl (C=O) groups is 6. The van der Waals surface area contributed by atoms with E-state index >= 15 is 4.39 Å². The van der Waals surface area contributed by atoms with Crippen molar-refractivity contribution < 1.29 is 56.9 Å². The maximum absolute atomic E-state index is 15.7. The number of likely N-dealkylation sites (tertiary alicyclic amines) is 3. The van der Waals surface area contributed by atoms with E-state index in [0.29, 0.717) is 90.0 Å². The van der Waals surface area contributed by atoms with Crippen molar-refractivity contribution in [3.05, 3.63) is 178 Å². The van der Waals surface area contributed by atoms with Crippen molar-refractivity contribution in [2.24, 2.45) is 23.7 Å². The molecule has 6 aromatic rings. The van der Waals surface area contributed by atoms with Crippen molar-refractivity contribution in [3.8, 4) is 34.5 Å². The number of halogens is 3. The number of benzene rings is 6. The Bertz CT molecular complexity index is 4070. The van der Waals surface area contributed by atoms with Crippen molar-refractivity contribution in [1.82, 2.24) is 45.3 Å². The van der Waals surface area contributed by atoms with Crippen LogP contribution in [0.25, 0.3) is 0 Å². The molecule has 654 valence electrons. The van der Waals surface area contributed by atoms with E-state index in [1.807, 2.05) is 131 Å². The van der Waals surface area contributed by atoms with Crippen molar-refractivity contribution >= 4 is 58.0 Å². The van der Waals surface area contributed by atoms with Gasteiger partial charge >= 0.3 is 0 Å². The molecule has 9 fully saturated rings. The maximum atomic E-state index is 15.7. The zero-order valence-electron chi connectivity index (χ0n) is 71.8.